The van der Waals surface area contributed by atoms with E-state index < -0.39 is 20.0 Å². The molecule has 2 aromatic rings. The third-order valence-electron chi connectivity index (χ3n) is 5.11. The van der Waals surface area contributed by atoms with Gasteiger partial charge in [-0.25, -0.2) is 21.6 Å². The molecule has 2 heterocycles. The molecule has 1 saturated carbocycles. The lowest BCUT2D eigenvalue weighted by Gasteiger charge is -2.21. The van der Waals surface area contributed by atoms with Gasteiger partial charge in [-0.15, -0.1) is 11.3 Å². The molecule has 2 fully saturated rings. The Hall–Kier alpha value is -1.30. The van der Waals surface area contributed by atoms with Crippen LogP contribution in [0.5, 0.6) is 0 Å². The van der Waals surface area contributed by atoms with Crippen molar-refractivity contribution in [3.63, 3.8) is 0 Å². The molecule has 158 valence electrons. The molecule has 1 aliphatic carbocycles. The van der Waals surface area contributed by atoms with Gasteiger partial charge in [-0.3, -0.25) is 0 Å². The fourth-order valence-corrected chi connectivity index (χ4v) is 6.86. The minimum absolute atomic E-state index is 0.0126. The molecule has 0 bridgehead atoms. The van der Waals surface area contributed by atoms with E-state index in [0.29, 0.717) is 13.2 Å². The molecule has 1 aromatic carbocycles. The maximum absolute atomic E-state index is 13.1. The summed E-state index contributed by atoms with van der Waals surface area (Å²) < 4.78 is 60.8. The quantitative estimate of drug-likeness (QED) is 0.626. The molecule has 0 spiro atoms. The highest BCUT2D eigenvalue weighted by atomic mass is 32.2. The van der Waals surface area contributed by atoms with Crippen LogP contribution in [-0.4, -0.2) is 46.4 Å². The van der Waals surface area contributed by atoms with Crippen molar-refractivity contribution in [2.75, 3.05) is 13.2 Å². The van der Waals surface area contributed by atoms with Gasteiger partial charge in [0.15, 0.2) is 0 Å². The fraction of sp³-hybridized carbons (Fsp3) is 0.474. The summed E-state index contributed by atoms with van der Waals surface area (Å²) in [5.41, 5.74) is 0. The molecular weight excluding hydrogens is 432 g/mol. The highest BCUT2D eigenvalue weighted by Gasteiger charge is 2.38. The summed E-state index contributed by atoms with van der Waals surface area (Å²) in [6.07, 6.45) is 3.37. The number of ether oxygens (including phenoxy) is 1. The van der Waals surface area contributed by atoms with E-state index in [-0.39, 0.29) is 28.5 Å². The molecule has 1 aromatic heterocycles. The largest absolute Gasteiger partial charge is 0.377 e. The smallest absolute Gasteiger partial charge is 0.243 e. The van der Waals surface area contributed by atoms with Gasteiger partial charge in [0.05, 0.1) is 15.9 Å². The van der Waals surface area contributed by atoms with Crippen LogP contribution in [0.1, 0.15) is 30.6 Å². The number of hydrogen-bond acceptors (Lipinski definition) is 6. The molecule has 1 aliphatic heterocycles. The molecular formula is C19H24N2O5S3. The zero-order valence-electron chi connectivity index (χ0n) is 15.9. The van der Waals surface area contributed by atoms with Crippen molar-refractivity contribution in [2.45, 2.75) is 54.2 Å². The van der Waals surface area contributed by atoms with Crippen molar-refractivity contribution >= 4 is 31.4 Å². The number of nitrogens with zero attached hydrogens (tertiary/aromatic N) is 1. The van der Waals surface area contributed by atoms with Gasteiger partial charge in [-0.05, 0) is 61.4 Å². The summed E-state index contributed by atoms with van der Waals surface area (Å²) in [6, 6.07) is 9.28. The lowest BCUT2D eigenvalue weighted by molar-refractivity contribution is 0.114. The Labute approximate surface area is 175 Å². The third-order valence-corrected chi connectivity index (χ3v) is 9.32. The molecule has 0 radical (unpaired) electrons. The summed E-state index contributed by atoms with van der Waals surface area (Å²) in [7, 11) is -7.41. The van der Waals surface area contributed by atoms with Crippen LogP contribution in [0.15, 0.2) is 51.6 Å². The maximum Gasteiger partial charge on any atom is 0.243 e. The van der Waals surface area contributed by atoms with Crippen molar-refractivity contribution in [3.05, 3.63) is 46.7 Å². The molecule has 7 nitrogen and oxygen atoms in total. The molecule has 1 saturated heterocycles. The van der Waals surface area contributed by atoms with E-state index in [9.17, 15) is 16.8 Å². The van der Waals surface area contributed by atoms with Crippen LogP contribution in [0.25, 0.3) is 0 Å². The van der Waals surface area contributed by atoms with Gasteiger partial charge in [-0.2, -0.15) is 4.31 Å². The SMILES string of the molecule is O=S(=O)(NC[C@H]1CCCO1)c1ccc(S(=O)(=O)N(Cc2cccs2)C2CC2)cc1. The van der Waals surface area contributed by atoms with E-state index in [1.165, 1.54) is 39.9 Å². The van der Waals surface area contributed by atoms with Crippen molar-refractivity contribution in [2.24, 2.45) is 0 Å². The van der Waals surface area contributed by atoms with E-state index in [0.717, 1.165) is 30.6 Å². The first-order chi connectivity index (χ1) is 13.9. The molecule has 4 rings (SSSR count). The second kappa shape index (κ2) is 8.44. The van der Waals surface area contributed by atoms with Crippen LogP contribution in [0.4, 0.5) is 0 Å². The van der Waals surface area contributed by atoms with Crippen LogP contribution in [0, 0.1) is 0 Å². The van der Waals surface area contributed by atoms with Crippen molar-refractivity contribution in [1.82, 2.24) is 9.03 Å². The number of rotatable bonds is 9. The highest BCUT2D eigenvalue weighted by molar-refractivity contribution is 7.89. The van der Waals surface area contributed by atoms with Crippen molar-refractivity contribution < 1.29 is 21.6 Å². The lowest BCUT2D eigenvalue weighted by Crippen LogP contribution is -2.33. The minimum atomic E-state index is -3.71. The average Bonchev–Trinajstić information content (AvgIpc) is 3.18. The van der Waals surface area contributed by atoms with Gasteiger partial charge < -0.3 is 4.74 Å². The highest BCUT2D eigenvalue weighted by Crippen LogP contribution is 2.34. The van der Waals surface area contributed by atoms with Crippen molar-refractivity contribution in [1.29, 1.82) is 0 Å². The van der Waals surface area contributed by atoms with Gasteiger partial charge in [0, 0.05) is 30.6 Å². The topological polar surface area (TPSA) is 92.8 Å². The predicted molar refractivity (Wildman–Crippen MR) is 111 cm³/mol. The minimum Gasteiger partial charge on any atom is -0.377 e. The van der Waals surface area contributed by atoms with Crippen LogP contribution in [0.2, 0.25) is 0 Å². The van der Waals surface area contributed by atoms with Crippen LogP contribution in [0.3, 0.4) is 0 Å². The van der Waals surface area contributed by atoms with Gasteiger partial charge in [-0.1, -0.05) is 6.07 Å². The monoisotopic (exact) mass is 456 g/mol. The van der Waals surface area contributed by atoms with E-state index in [4.69, 9.17) is 4.74 Å². The van der Waals surface area contributed by atoms with Gasteiger partial charge >= 0.3 is 0 Å². The molecule has 1 atom stereocenters. The first kappa shape index (κ1) is 21.0. The standard InChI is InChI=1S/C19H24N2O5S3/c22-28(23,20-13-16-3-1-11-26-16)18-7-9-19(10-8-18)29(24,25)21(15-5-6-15)14-17-4-2-12-27-17/h2,4,7-10,12,15-16,20H,1,3,5-6,11,13-14H2/t16-/m1/s1. The number of hydrogen-bond donors (Lipinski definition) is 1. The average molecular weight is 457 g/mol. The van der Waals surface area contributed by atoms with E-state index in [2.05, 4.69) is 4.72 Å². The molecule has 0 unspecified atom stereocenters. The van der Waals surface area contributed by atoms with Crippen LogP contribution >= 0.6 is 11.3 Å². The first-order valence-corrected chi connectivity index (χ1v) is 13.4. The van der Waals surface area contributed by atoms with E-state index >= 15 is 0 Å². The molecule has 0 amide bonds. The Morgan fingerprint density at radius 2 is 1.76 bits per heavy atom. The Bertz CT molecular complexity index is 1020. The number of nitrogens with one attached hydrogen (secondary N) is 1. The predicted octanol–water partition coefficient (Wildman–Crippen LogP) is 2.56. The summed E-state index contributed by atoms with van der Waals surface area (Å²) in [4.78, 5) is 1.14. The fourth-order valence-electron chi connectivity index (χ4n) is 3.35. The van der Waals surface area contributed by atoms with Gasteiger partial charge in [0.2, 0.25) is 20.0 Å². The Kier molecular flexibility index (Phi) is 6.10. The molecule has 10 heteroatoms. The van der Waals surface area contributed by atoms with Crippen molar-refractivity contribution in [3.8, 4) is 0 Å². The second-order valence-electron chi connectivity index (χ2n) is 7.32. The number of thiophene rings is 1. The first-order valence-electron chi connectivity index (χ1n) is 9.62. The summed E-state index contributed by atoms with van der Waals surface area (Å²) in [5.74, 6) is 0. The Morgan fingerprint density at radius 3 is 2.34 bits per heavy atom. The maximum atomic E-state index is 13.1. The van der Waals surface area contributed by atoms with Gasteiger partial charge in [0.25, 0.3) is 0 Å². The van der Waals surface area contributed by atoms with Crippen LogP contribution in [-0.2, 0) is 31.3 Å². The molecule has 1 N–H and O–H groups in total. The lowest BCUT2D eigenvalue weighted by atomic mass is 10.2. The molecule has 2 aliphatic rings. The Morgan fingerprint density at radius 1 is 1.03 bits per heavy atom. The Balaban J connectivity index is 1.49. The zero-order valence-corrected chi connectivity index (χ0v) is 18.3. The van der Waals surface area contributed by atoms with Crippen LogP contribution < -0.4 is 4.72 Å². The van der Waals surface area contributed by atoms with E-state index in [1.54, 1.807) is 0 Å². The summed E-state index contributed by atoms with van der Waals surface area (Å²) in [6.45, 7) is 1.22. The molecule has 29 heavy (non-hydrogen) atoms. The second-order valence-corrected chi connectivity index (χ2v) is 12.0. The normalized spacial score (nSPS) is 20.4. The van der Waals surface area contributed by atoms with Gasteiger partial charge in [0.1, 0.15) is 0 Å². The van der Waals surface area contributed by atoms with E-state index in [1.807, 2.05) is 17.5 Å². The summed E-state index contributed by atoms with van der Waals surface area (Å²) in [5, 5.41) is 1.93. The third kappa shape index (κ3) is 4.89. The zero-order chi connectivity index (χ0) is 20.5. The number of sulfonamides is 2. The number of benzene rings is 1. The summed E-state index contributed by atoms with van der Waals surface area (Å²) >= 11 is 1.53.